The van der Waals surface area contributed by atoms with Crippen LogP contribution in [-0.2, 0) is 4.74 Å². The highest BCUT2D eigenvalue weighted by Gasteiger charge is 2.35. The van der Waals surface area contributed by atoms with Crippen LogP contribution < -0.4 is 5.32 Å². The van der Waals surface area contributed by atoms with E-state index in [4.69, 9.17) is 10.00 Å². The van der Waals surface area contributed by atoms with Gasteiger partial charge in [-0.15, -0.1) is 0 Å². The average Bonchev–Trinajstić information content (AvgIpc) is 2.68. The minimum Gasteiger partial charge on any atom is -0.466 e. The minimum atomic E-state index is -1.19. The molecule has 1 aliphatic rings. The molecule has 0 saturated carbocycles. The van der Waals surface area contributed by atoms with Gasteiger partial charge in [0.05, 0.1) is 35.7 Å². The standard InChI is InChI=1S/C16H25N3O3/c1-6-11(10-20)18-13-9-14(22-16(13,4)5)19-12(7-8-17)15(2,3)21/h7,9,11,19-21H,6,10H2,1-5H3. The number of nitriles is 1. The zero-order chi connectivity index (χ0) is 17.0. The molecule has 0 fully saturated rings. The summed E-state index contributed by atoms with van der Waals surface area (Å²) in [5.74, 6) is 0.417. The van der Waals surface area contributed by atoms with Crippen LogP contribution in [0.2, 0.25) is 0 Å². The van der Waals surface area contributed by atoms with Crippen LogP contribution in [0, 0.1) is 11.3 Å². The lowest BCUT2D eigenvalue weighted by Crippen LogP contribution is -2.34. The third kappa shape index (κ3) is 4.58. The van der Waals surface area contributed by atoms with E-state index in [0.29, 0.717) is 17.3 Å². The van der Waals surface area contributed by atoms with Gasteiger partial charge in [-0.2, -0.15) is 5.26 Å². The predicted octanol–water partition coefficient (Wildman–Crippen LogP) is 1.62. The van der Waals surface area contributed by atoms with E-state index in [9.17, 15) is 10.2 Å². The van der Waals surface area contributed by atoms with Crippen LogP contribution in [0.4, 0.5) is 0 Å². The van der Waals surface area contributed by atoms with Crippen molar-refractivity contribution >= 4 is 5.71 Å². The van der Waals surface area contributed by atoms with E-state index >= 15 is 0 Å². The second-order valence-corrected chi connectivity index (χ2v) is 6.25. The van der Waals surface area contributed by atoms with Crippen molar-refractivity contribution in [3.8, 4) is 6.07 Å². The maximum atomic E-state index is 10.1. The molecular weight excluding hydrogens is 282 g/mol. The van der Waals surface area contributed by atoms with Crippen LogP contribution >= 0.6 is 0 Å². The average molecular weight is 307 g/mol. The Kier molecular flexibility index (Phi) is 5.75. The Labute approximate surface area is 131 Å². The number of hydrogen-bond donors (Lipinski definition) is 3. The van der Waals surface area contributed by atoms with Gasteiger partial charge in [-0.1, -0.05) is 6.92 Å². The molecule has 6 heteroatoms. The van der Waals surface area contributed by atoms with Gasteiger partial charge in [-0.3, -0.25) is 4.99 Å². The fraction of sp³-hybridized carbons (Fsp3) is 0.625. The lowest BCUT2D eigenvalue weighted by atomic mass is 10.0. The van der Waals surface area contributed by atoms with Crippen LogP contribution in [0.15, 0.2) is 28.7 Å². The van der Waals surface area contributed by atoms with Crippen molar-refractivity contribution in [1.82, 2.24) is 5.32 Å². The molecule has 3 N–H and O–H groups in total. The summed E-state index contributed by atoms with van der Waals surface area (Å²) in [6.07, 6.45) is 3.71. The van der Waals surface area contributed by atoms with Crippen molar-refractivity contribution in [2.24, 2.45) is 4.99 Å². The number of nitrogens with zero attached hydrogens (tertiary/aromatic N) is 2. The van der Waals surface area contributed by atoms with Gasteiger partial charge in [0.15, 0.2) is 5.88 Å². The summed E-state index contributed by atoms with van der Waals surface area (Å²) in [5.41, 5.74) is -0.779. The summed E-state index contributed by atoms with van der Waals surface area (Å²) in [5, 5.41) is 31.1. The number of rotatable bonds is 6. The summed E-state index contributed by atoms with van der Waals surface area (Å²) in [7, 11) is 0. The monoisotopic (exact) mass is 307 g/mol. The lowest BCUT2D eigenvalue weighted by molar-refractivity contribution is 0.0802. The summed E-state index contributed by atoms with van der Waals surface area (Å²) >= 11 is 0. The highest BCUT2D eigenvalue weighted by molar-refractivity contribution is 6.03. The van der Waals surface area contributed by atoms with Crippen LogP contribution in [0.1, 0.15) is 41.0 Å². The van der Waals surface area contributed by atoms with E-state index in [1.165, 1.54) is 6.08 Å². The van der Waals surface area contributed by atoms with Crippen LogP contribution in [0.5, 0.6) is 0 Å². The Morgan fingerprint density at radius 2 is 2.23 bits per heavy atom. The van der Waals surface area contributed by atoms with E-state index in [2.05, 4.69) is 10.3 Å². The Morgan fingerprint density at radius 1 is 1.59 bits per heavy atom. The molecule has 0 saturated heterocycles. The molecule has 0 aromatic heterocycles. The third-order valence-electron chi connectivity index (χ3n) is 3.38. The molecule has 0 spiro atoms. The van der Waals surface area contributed by atoms with E-state index in [-0.39, 0.29) is 12.6 Å². The molecule has 22 heavy (non-hydrogen) atoms. The molecule has 0 aromatic carbocycles. The van der Waals surface area contributed by atoms with Gasteiger partial charge in [-0.05, 0) is 34.1 Å². The van der Waals surface area contributed by atoms with Crippen molar-refractivity contribution in [3.63, 3.8) is 0 Å². The van der Waals surface area contributed by atoms with E-state index in [1.807, 2.05) is 26.8 Å². The first-order chi connectivity index (χ1) is 10.1. The molecule has 1 atom stereocenters. The van der Waals surface area contributed by atoms with E-state index in [0.717, 1.165) is 6.42 Å². The normalized spacial score (nSPS) is 21.1. The molecule has 0 radical (unpaired) electrons. The number of nitrogens with one attached hydrogen (secondary N) is 1. The van der Waals surface area contributed by atoms with E-state index in [1.54, 1.807) is 19.9 Å². The summed E-state index contributed by atoms with van der Waals surface area (Å²) < 4.78 is 5.80. The first-order valence-corrected chi connectivity index (χ1v) is 7.33. The Morgan fingerprint density at radius 3 is 2.68 bits per heavy atom. The first-order valence-electron chi connectivity index (χ1n) is 7.33. The van der Waals surface area contributed by atoms with Crippen molar-refractivity contribution in [1.29, 1.82) is 5.26 Å². The molecule has 1 aliphatic heterocycles. The molecule has 0 aliphatic carbocycles. The third-order valence-corrected chi connectivity index (χ3v) is 3.38. The zero-order valence-corrected chi connectivity index (χ0v) is 13.8. The topological polar surface area (TPSA) is 97.9 Å². The zero-order valence-electron chi connectivity index (χ0n) is 13.8. The molecule has 0 amide bonds. The maximum absolute atomic E-state index is 10.1. The summed E-state index contributed by atoms with van der Waals surface area (Å²) in [6.45, 7) is 8.85. The van der Waals surface area contributed by atoms with Crippen LogP contribution in [-0.4, -0.2) is 39.8 Å². The lowest BCUT2D eigenvalue weighted by Gasteiger charge is -2.25. The number of aliphatic hydroxyl groups excluding tert-OH is 1. The van der Waals surface area contributed by atoms with Crippen LogP contribution in [0.25, 0.3) is 0 Å². The number of allylic oxidation sites excluding steroid dienone is 1. The molecule has 1 unspecified atom stereocenters. The molecule has 122 valence electrons. The Bertz CT molecular complexity index is 530. The highest BCUT2D eigenvalue weighted by atomic mass is 16.5. The molecule has 6 nitrogen and oxygen atoms in total. The van der Waals surface area contributed by atoms with Gasteiger partial charge in [0.25, 0.3) is 0 Å². The second kappa shape index (κ2) is 6.95. The molecule has 1 heterocycles. The number of aliphatic imine (C=N–C) groups is 1. The number of hydrogen-bond acceptors (Lipinski definition) is 6. The van der Waals surface area contributed by atoms with Crippen molar-refractivity contribution < 1.29 is 14.9 Å². The predicted molar refractivity (Wildman–Crippen MR) is 85.0 cm³/mol. The number of ether oxygens (including phenoxy) is 1. The van der Waals surface area contributed by atoms with Gasteiger partial charge in [-0.25, -0.2) is 0 Å². The molecule has 1 rings (SSSR count). The van der Waals surface area contributed by atoms with Gasteiger partial charge < -0.3 is 20.3 Å². The first kappa shape index (κ1) is 18.2. The fourth-order valence-corrected chi connectivity index (χ4v) is 1.93. The number of aliphatic hydroxyl groups is 2. The van der Waals surface area contributed by atoms with Crippen LogP contribution in [0.3, 0.4) is 0 Å². The SMILES string of the molecule is CCC(CO)N=C1C=C(NC(=CC#N)C(C)(C)O)OC1(C)C. The van der Waals surface area contributed by atoms with Gasteiger partial charge in [0, 0.05) is 12.2 Å². The summed E-state index contributed by atoms with van der Waals surface area (Å²) in [4.78, 5) is 4.51. The second-order valence-electron chi connectivity index (χ2n) is 6.25. The van der Waals surface area contributed by atoms with Gasteiger partial charge >= 0.3 is 0 Å². The van der Waals surface area contributed by atoms with Gasteiger partial charge in [0.2, 0.25) is 0 Å². The Hall–Kier alpha value is -1.84. The van der Waals surface area contributed by atoms with Crippen molar-refractivity contribution in [3.05, 3.63) is 23.7 Å². The smallest absolute Gasteiger partial charge is 0.194 e. The molecule has 0 bridgehead atoms. The highest BCUT2D eigenvalue weighted by Crippen LogP contribution is 2.27. The molecule has 0 aromatic rings. The van der Waals surface area contributed by atoms with Crippen molar-refractivity contribution in [2.45, 2.75) is 58.3 Å². The minimum absolute atomic E-state index is 0.0179. The maximum Gasteiger partial charge on any atom is 0.194 e. The fourth-order valence-electron chi connectivity index (χ4n) is 1.93. The molecular formula is C16H25N3O3. The Balaban J connectivity index is 3.04. The van der Waals surface area contributed by atoms with Gasteiger partial charge in [0.1, 0.15) is 5.60 Å². The van der Waals surface area contributed by atoms with Crippen molar-refractivity contribution in [2.75, 3.05) is 6.61 Å². The quantitative estimate of drug-likeness (QED) is 0.648. The summed E-state index contributed by atoms with van der Waals surface area (Å²) in [6, 6.07) is 1.73. The largest absolute Gasteiger partial charge is 0.466 e. The van der Waals surface area contributed by atoms with E-state index < -0.39 is 11.2 Å².